The van der Waals surface area contributed by atoms with Crippen LogP contribution in [0.4, 0.5) is 0 Å². The number of aryl methyl sites for hydroxylation is 2. The molecular formula is C19H17Cl2N3O5. The number of aromatic nitrogens is 2. The molecule has 8 nitrogen and oxygen atoms in total. The molecule has 0 saturated heterocycles. The first-order chi connectivity index (χ1) is 13.7. The fourth-order valence-corrected chi connectivity index (χ4v) is 3.09. The molecule has 10 heteroatoms. The predicted octanol–water partition coefficient (Wildman–Crippen LogP) is 3.18. The molecule has 0 radical (unpaired) electrons. The molecule has 29 heavy (non-hydrogen) atoms. The van der Waals surface area contributed by atoms with Crippen LogP contribution >= 0.6 is 23.2 Å². The summed E-state index contributed by atoms with van der Waals surface area (Å²) in [5.41, 5.74) is 0.288. The molecular weight excluding hydrogens is 421 g/mol. The van der Waals surface area contributed by atoms with Crippen LogP contribution in [0, 0.1) is 6.92 Å². The van der Waals surface area contributed by atoms with Crippen LogP contribution in [-0.2, 0) is 16.6 Å². The fourth-order valence-electron chi connectivity index (χ4n) is 2.78. The van der Waals surface area contributed by atoms with E-state index in [9.17, 15) is 14.4 Å². The van der Waals surface area contributed by atoms with Gasteiger partial charge in [0, 0.05) is 7.05 Å². The number of carbonyl (C=O) groups excluding carboxylic acids is 2. The van der Waals surface area contributed by atoms with E-state index in [1.807, 2.05) is 0 Å². The lowest BCUT2D eigenvalue weighted by molar-refractivity contribution is -0.124. The number of rotatable bonds is 5. The van der Waals surface area contributed by atoms with Gasteiger partial charge in [-0.1, -0.05) is 29.3 Å². The van der Waals surface area contributed by atoms with Crippen LogP contribution in [0.3, 0.4) is 0 Å². The molecule has 3 aromatic rings. The number of amides is 1. The Labute approximate surface area is 175 Å². The quantitative estimate of drug-likeness (QED) is 0.614. The number of esters is 1. The Hall–Kier alpha value is -2.84. The van der Waals surface area contributed by atoms with Crippen molar-refractivity contribution in [3.63, 3.8) is 0 Å². The summed E-state index contributed by atoms with van der Waals surface area (Å²) in [6, 6.07) is 4.62. The third kappa shape index (κ3) is 4.28. The first-order valence-corrected chi connectivity index (χ1v) is 9.30. The smallest absolute Gasteiger partial charge is 0.343 e. The van der Waals surface area contributed by atoms with Gasteiger partial charge in [0.2, 0.25) is 5.71 Å². The highest BCUT2D eigenvalue weighted by Crippen LogP contribution is 2.25. The molecule has 2 heterocycles. The van der Waals surface area contributed by atoms with Gasteiger partial charge < -0.3 is 19.0 Å². The second kappa shape index (κ2) is 8.26. The van der Waals surface area contributed by atoms with Gasteiger partial charge in [-0.2, -0.15) is 0 Å². The number of nitrogens with one attached hydrogen (secondary N) is 1. The molecule has 0 aliphatic rings. The Morgan fingerprint density at radius 2 is 2.03 bits per heavy atom. The van der Waals surface area contributed by atoms with Crippen molar-refractivity contribution in [1.82, 2.24) is 14.9 Å². The standard InChI is InChI=1S/C19H17Cl2N3O5/c1-9(11-4-5-12(20)13(21)6-11)23-14(25)7-28-19(27)15-10(2)29-17-16(15)18(26)24(3)8-22-17/h4-6,8-9H,7H2,1-3H3,(H,23,25). The molecule has 0 spiro atoms. The van der Waals surface area contributed by atoms with Crippen LogP contribution in [-0.4, -0.2) is 28.0 Å². The van der Waals surface area contributed by atoms with Gasteiger partial charge in [-0.3, -0.25) is 9.59 Å². The lowest BCUT2D eigenvalue weighted by atomic mass is 10.1. The van der Waals surface area contributed by atoms with Crippen LogP contribution in [0.25, 0.3) is 11.1 Å². The zero-order chi connectivity index (χ0) is 21.3. The van der Waals surface area contributed by atoms with Gasteiger partial charge in [-0.15, -0.1) is 0 Å². The second-order valence-corrected chi connectivity index (χ2v) is 7.23. The average molecular weight is 438 g/mol. The number of benzene rings is 1. The molecule has 1 aromatic carbocycles. The van der Waals surface area contributed by atoms with E-state index in [2.05, 4.69) is 10.3 Å². The number of furan rings is 1. The summed E-state index contributed by atoms with van der Waals surface area (Å²) in [7, 11) is 1.50. The van der Waals surface area contributed by atoms with Gasteiger partial charge in [0.05, 0.1) is 16.1 Å². The monoisotopic (exact) mass is 437 g/mol. The van der Waals surface area contributed by atoms with E-state index >= 15 is 0 Å². The topological polar surface area (TPSA) is 103 Å². The van der Waals surface area contributed by atoms with Crippen molar-refractivity contribution < 1.29 is 18.7 Å². The van der Waals surface area contributed by atoms with E-state index in [0.717, 1.165) is 5.56 Å². The van der Waals surface area contributed by atoms with E-state index in [1.54, 1.807) is 25.1 Å². The number of halogens is 2. The maximum atomic E-state index is 12.5. The summed E-state index contributed by atoms with van der Waals surface area (Å²) in [4.78, 5) is 40.9. The van der Waals surface area contributed by atoms with Crippen molar-refractivity contribution in [2.24, 2.45) is 7.05 Å². The maximum absolute atomic E-state index is 12.5. The number of carbonyl (C=O) groups is 2. The van der Waals surface area contributed by atoms with E-state index in [4.69, 9.17) is 32.4 Å². The van der Waals surface area contributed by atoms with Crippen molar-refractivity contribution in [3.05, 3.63) is 61.8 Å². The minimum absolute atomic E-state index is 0.0158. The van der Waals surface area contributed by atoms with Crippen LogP contribution in [0.1, 0.15) is 34.6 Å². The number of hydrogen-bond acceptors (Lipinski definition) is 6. The van der Waals surface area contributed by atoms with Gasteiger partial charge in [0.15, 0.2) is 6.61 Å². The highest BCUT2D eigenvalue weighted by molar-refractivity contribution is 6.42. The van der Waals surface area contributed by atoms with Crippen molar-refractivity contribution >= 4 is 46.2 Å². The van der Waals surface area contributed by atoms with E-state index in [-0.39, 0.29) is 28.5 Å². The summed E-state index contributed by atoms with van der Waals surface area (Å²) >= 11 is 11.9. The van der Waals surface area contributed by atoms with Gasteiger partial charge in [0.1, 0.15) is 23.0 Å². The average Bonchev–Trinajstić information content (AvgIpc) is 3.01. The Morgan fingerprint density at radius 1 is 1.31 bits per heavy atom. The summed E-state index contributed by atoms with van der Waals surface area (Å²) in [5, 5.41) is 3.49. The van der Waals surface area contributed by atoms with Gasteiger partial charge in [-0.25, -0.2) is 9.78 Å². The zero-order valence-electron chi connectivity index (χ0n) is 15.8. The maximum Gasteiger partial charge on any atom is 0.343 e. The Kier molecular flexibility index (Phi) is 5.95. The lowest BCUT2D eigenvalue weighted by Crippen LogP contribution is -2.31. The highest BCUT2D eigenvalue weighted by atomic mass is 35.5. The third-order valence-corrected chi connectivity index (χ3v) is 5.05. The predicted molar refractivity (Wildman–Crippen MR) is 107 cm³/mol. The highest BCUT2D eigenvalue weighted by Gasteiger charge is 2.24. The third-order valence-electron chi connectivity index (χ3n) is 4.31. The van der Waals surface area contributed by atoms with Gasteiger partial charge in [-0.05, 0) is 31.5 Å². The minimum Gasteiger partial charge on any atom is -0.452 e. The molecule has 0 aliphatic heterocycles. The van der Waals surface area contributed by atoms with Crippen LogP contribution in [0.5, 0.6) is 0 Å². The normalized spacial score (nSPS) is 12.0. The molecule has 1 atom stereocenters. The van der Waals surface area contributed by atoms with E-state index in [0.29, 0.717) is 10.0 Å². The summed E-state index contributed by atoms with van der Waals surface area (Å²) in [6.45, 7) is 2.74. The number of ether oxygens (including phenoxy) is 1. The number of hydrogen-bond donors (Lipinski definition) is 1. The Morgan fingerprint density at radius 3 is 2.72 bits per heavy atom. The number of nitrogens with zero attached hydrogens (tertiary/aromatic N) is 2. The molecule has 0 fully saturated rings. The molecule has 0 saturated carbocycles. The molecule has 152 valence electrons. The molecule has 2 aromatic heterocycles. The number of fused-ring (bicyclic) bond motifs is 1. The summed E-state index contributed by atoms with van der Waals surface area (Å²) in [6.07, 6.45) is 1.29. The molecule has 1 unspecified atom stereocenters. The largest absolute Gasteiger partial charge is 0.452 e. The molecule has 1 N–H and O–H groups in total. The second-order valence-electron chi connectivity index (χ2n) is 6.41. The molecule has 0 aliphatic carbocycles. The summed E-state index contributed by atoms with van der Waals surface area (Å²) in [5.74, 6) is -1.18. The van der Waals surface area contributed by atoms with Crippen LogP contribution < -0.4 is 10.9 Å². The first kappa shape index (κ1) is 20.9. The lowest BCUT2D eigenvalue weighted by Gasteiger charge is -2.15. The van der Waals surface area contributed by atoms with Crippen molar-refractivity contribution in [2.75, 3.05) is 6.61 Å². The van der Waals surface area contributed by atoms with Crippen molar-refractivity contribution in [3.8, 4) is 0 Å². The van der Waals surface area contributed by atoms with Gasteiger partial charge >= 0.3 is 5.97 Å². The van der Waals surface area contributed by atoms with Crippen LogP contribution in [0.15, 0.2) is 33.7 Å². The zero-order valence-corrected chi connectivity index (χ0v) is 17.3. The van der Waals surface area contributed by atoms with Crippen molar-refractivity contribution in [2.45, 2.75) is 19.9 Å². The van der Waals surface area contributed by atoms with E-state index in [1.165, 1.54) is 24.9 Å². The fraction of sp³-hybridized carbons (Fsp3) is 0.263. The molecule has 1 amide bonds. The summed E-state index contributed by atoms with van der Waals surface area (Å²) < 4.78 is 11.7. The first-order valence-electron chi connectivity index (χ1n) is 8.55. The van der Waals surface area contributed by atoms with Crippen LogP contribution in [0.2, 0.25) is 10.0 Å². The minimum atomic E-state index is -0.844. The SMILES string of the molecule is Cc1oc2ncn(C)c(=O)c2c1C(=O)OCC(=O)NC(C)c1ccc(Cl)c(Cl)c1. The Bertz CT molecular complexity index is 1170. The van der Waals surface area contributed by atoms with Gasteiger partial charge in [0.25, 0.3) is 11.5 Å². The molecule has 3 rings (SSSR count). The molecule has 0 bridgehead atoms. The Balaban J connectivity index is 1.69. The van der Waals surface area contributed by atoms with E-state index < -0.39 is 24.0 Å². The van der Waals surface area contributed by atoms with Crippen molar-refractivity contribution in [1.29, 1.82) is 0 Å².